The third kappa shape index (κ3) is 4.69. The highest BCUT2D eigenvalue weighted by Gasteiger charge is 2.22. The summed E-state index contributed by atoms with van der Waals surface area (Å²) in [6.07, 6.45) is 1.99. The Morgan fingerprint density at radius 3 is 2.61 bits per heavy atom. The van der Waals surface area contributed by atoms with Crippen molar-refractivity contribution < 1.29 is 4.79 Å². The molecule has 0 unspecified atom stereocenters. The Morgan fingerprint density at radius 1 is 1.14 bits per heavy atom. The van der Waals surface area contributed by atoms with Gasteiger partial charge in [-0.3, -0.25) is 4.90 Å². The molecule has 6 heteroatoms. The average molecular weight is 395 g/mol. The van der Waals surface area contributed by atoms with Gasteiger partial charge in [0.2, 0.25) is 0 Å². The van der Waals surface area contributed by atoms with Crippen molar-refractivity contribution in [3.8, 4) is 0 Å². The Balaban J connectivity index is 1.24. The zero-order valence-electron chi connectivity index (χ0n) is 16.2. The molecule has 2 aromatic carbocycles. The van der Waals surface area contributed by atoms with Crippen molar-refractivity contribution >= 4 is 27.6 Å². The molecule has 0 atom stereocenters. The second-order valence-electron chi connectivity index (χ2n) is 7.42. The summed E-state index contributed by atoms with van der Waals surface area (Å²) in [4.78, 5) is 21.4. The van der Waals surface area contributed by atoms with Crippen LogP contribution < -0.4 is 5.32 Å². The van der Waals surface area contributed by atoms with Gasteiger partial charge in [-0.15, -0.1) is 11.3 Å². The molecule has 0 spiro atoms. The standard InChI is InChI=1S/C22H26N4OS/c1-25(16-21-24-19-9-5-6-10-20(19)28-21)22(27)23-18-11-13-26(14-12-18)15-17-7-3-2-4-8-17/h2-10,18H,11-16H2,1H3,(H,23,27). The van der Waals surface area contributed by atoms with Gasteiger partial charge < -0.3 is 10.2 Å². The minimum absolute atomic E-state index is 0.0132. The number of benzene rings is 2. The van der Waals surface area contributed by atoms with Gasteiger partial charge in [0.05, 0.1) is 16.8 Å². The number of hydrogen-bond acceptors (Lipinski definition) is 4. The van der Waals surface area contributed by atoms with Crippen molar-refractivity contribution in [1.29, 1.82) is 0 Å². The molecular weight excluding hydrogens is 368 g/mol. The van der Waals surface area contributed by atoms with E-state index in [0.717, 1.165) is 47.7 Å². The molecule has 28 heavy (non-hydrogen) atoms. The molecule has 4 rings (SSSR count). The van der Waals surface area contributed by atoms with Crippen LogP contribution in [-0.2, 0) is 13.1 Å². The number of nitrogens with one attached hydrogen (secondary N) is 1. The summed E-state index contributed by atoms with van der Waals surface area (Å²) < 4.78 is 1.16. The van der Waals surface area contributed by atoms with Crippen LogP contribution in [0.3, 0.4) is 0 Å². The largest absolute Gasteiger partial charge is 0.335 e. The van der Waals surface area contributed by atoms with Crippen LogP contribution in [0.4, 0.5) is 4.79 Å². The molecule has 1 aliphatic rings. The van der Waals surface area contributed by atoms with Crippen LogP contribution in [0.25, 0.3) is 10.2 Å². The molecule has 146 valence electrons. The molecule has 0 bridgehead atoms. The summed E-state index contributed by atoms with van der Waals surface area (Å²) in [7, 11) is 1.84. The first-order valence-corrected chi connectivity index (χ1v) is 10.6. The third-order valence-corrected chi connectivity index (χ3v) is 6.24. The topological polar surface area (TPSA) is 48.5 Å². The van der Waals surface area contributed by atoms with Crippen LogP contribution in [0.15, 0.2) is 54.6 Å². The van der Waals surface area contributed by atoms with Crippen LogP contribution in [0.2, 0.25) is 0 Å². The van der Waals surface area contributed by atoms with Gasteiger partial charge in [-0.1, -0.05) is 42.5 Å². The number of hydrogen-bond donors (Lipinski definition) is 1. The van der Waals surface area contributed by atoms with E-state index in [9.17, 15) is 4.79 Å². The SMILES string of the molecule is CN(Cc1nc2ccccc2s1)C(=O)NC1CCN(Cc2ccccc2)CC1. The van der Waals surface area contributed by atoms with Crippen LogP contribution in [0, 0.1) is 0 Å². The minimum atomic E-state index is -0.0132. The Morgan fingerprint density at radius 2 is 1.86 bits per heavy atom. The van der Waals surface area contributed by atoms with Gasteiger partial charge in [0.1, 0.15) is 5.01 Å². The minimum Gasteiger partial charge on any atom is -0.335 e. The number of nitrogens with zero attached hydrogens (tertiary/aromatic N) is 3. The van der Waals surface area contributed by atoms with E-state index in [-0.39, 0.29) is 12.1 Å². The van der Waals surface area contributed by atoms with E-state index in [4.69, 9.17) is 0 Å². The predicted molar refractivity (Wildman–Crippen MR) is 114 cm³/mol. The molecular formula is C22H26N4OS. The number of urea groups is 1. The number of carbonyl (C=O) groups is 1. The molecule has 1 aromatic heterocycles. The first-order chi connectivity index (χ1) is 13.7. The zero-order chi connectivity index (χ0) is 19.3. The Hall–Kier alpha value is -2.44. The van der Waals surface area contributed by atoms with E-state index in [1.54, 1.807) is 16.2 Å². The molecule has 0 radical (unpaired) electrons. The van der Waals surface area contributed by atoms with Gasteiger partial charge in [0.25, 0.3) is 0 Å². The van der Waals surface area contributed by atoms with Crippen molar-refractivity contribution in [3.63, 3.8) is 0 Å². The summed E-state index contributed by atoms with van der Waals surface area (Å²) in [6, 6.07) is 18.9. The van der Waals surface area contributed by atoms with Gasteiger partial charge in [-0.25, -0.2) is 9.78 Å². The Kier molecular flexibility index (Phi) is 5.88. The number of rotatable bonds is 5. The fourth-order valence-electron chi connectivity index (χ4n) is 3.62. The van der Waals surface area contributed by atoms with Crippen LogP contribution in [-0.4, -0.2) is 47.0 Å². The quantitative estimate of drug-likeness (QED) is 0.709. The first kappa shape index (κ1) is 18.9. The third-order valence-electron chi connectivity index (χ3n) is 5.22. The lowest BCUT2D eigenvalue weighted by Gasteiger charge is -2.33. The highest BCUT2D eigenvalue weighted by molar-refractivity contribution is 7.18. The molecule has 3 aromatic rings. The van der Waals surface area contributed by atoms with Gasteiger partial charge in [-0.05, 0) is 30.5 Å². The lowest BCUT2D eigenvalue weighted by molar-refractivity contribution is 0.173. The summed E-state index contributed by atoms with van der Waals surface area (Å²) in [6.45, 7) is 3.56. The van der Waals surface area contributed by atoms with E-state index in [0.29, 0.717) is 6.54 Å². The van der Waals surface area contributed by atoms with Crippen LogP contribution in [0.1, 0.15) is 23.4 Å². The second kappa shape index (κ2) is 8.71. The highest BCUT2D eigenvalue weighted by Crippen LogP contribution is 2.22. The van der Waals surface area contributed by atoms with E-state index < -0.39 is 0 Å². The molecule has 2 heterocycles. The second-order valence-corrected chi connectivity index (χ2v) is 8.53. The average Bonchev–Trinajstić information content (AvgIpc) is 3.12. The highest BCUT2D eigenvalue weighted by atomic mass is 32.1. The summed E-state index contributed by atoms with van der Waals surface area (Å²) in [5.74, 6) is 0. The van der Waals surface area contributed by atoms with Crippen molar-refractivity contribution in [2.24, 2.45) is 0 Å². The molecule has 5 nitrogen and oxygen atoms in total. The van der Waals surface area contributed by atoms with Crippen molar-refractivity contribution in [3.05, 3.63) is 65.2 Å². The fraction of sp³-hybridized carbons (Fsp3) is 0.364. The Bertz CT molecular complexity index is 885. The molecule has 0 aliphatic carbocycles. The maximum Gasteiger partial charge on any atom is 0.317 e. The normalized spacial score (nSPS) is 15.6. The number of amides is 2. The lowest BCUT2D eigenvalue weighted by Crippen LogP contribution is -2.48. The molecule has 1 saturated heterocycles. The van der Waals surface area contributed by atoms with Gasteiger partial charge >= 0.3 is 6.03 Å². The number of piperidine rings is 1. The summed E-state index contributed by atoms with van der Waals surface area (Å²) in [5, 5.41) is 4.16. The molecule has 0 saturated carbocycles. The number of likely N-dealkylation sites (tertiary alicyclic amines) is 1. The van der Waals surface area contributed by atoms with Crippen molar-refractivity contribution in [1.82, 2.24) is 20.1 Å². The fourth-order valence-corrected chi connectivity index (χ4v) is 4.65. The van der Waals surface area contributed by atoms with Gasteiger partial charge in [-0.2, -0.15) is 0 Å². The first-order valence-electron chi connectivity index (χ1n) is 9.80. The maximum atomic E-state index is 12.6. The molecule has 1 aliphatic heterocycles. The van der Waals surface area contributed by atoms with Gasteiger partial charge in [0, 0.05) is 32.7 Å². The predicted octanol–water partition coefficient (Wildman–Crippen LogP) is 4.10. The smallest absolute Gasteiger partial charge is 0.317 e. The van der Waals surface area contributed by atoms with E-state index >= 15 is 0 Å². The van der Waals surface area contributed by atoms with Crippen LogP contribution >= 0.6 is 11.3 Å². The number of carbonyl (C=O) groups excluding carboxylic acids is 1. The monoisotopic (exact) mass is 394 g/mol. The number of thiazole rings is 1. The maximum absolute atomic E-state index is 12.6. The molecule has 2 amide bonds. The Labute approximate surface area is 170 Å². The zero-order valence-corrected chi connectivity index (χ0v) is 17.0. The number of para-hydroxylation sites is 1. The van der Waals surface area contributed by atoms with E-state index in [1.807, 2.05) is 25.2 Å². The summed E-state index contributed by atoms with van der Waals surface area (Å²) in [5.41, 5.74) is 2.35. The van der Waals surface area contributed by atoms with Gasteiger partial charge in [0.15, 0.2) is 0 Å². The van der Waals surface area contributed by atoms with Crippen molar-refractivity contribution in [2.45, 2.75) is 32.0 Å². The van der Waals surface area contributed by atoms with E-state index in [1.165, 1.54) is 5.56 Å². The van der Waals surface area contributed by atoms with E-state index in [2.05, 4.69) is 51.6 Å². The molecule has 1 N–H and O–H groups in total. The van der Waals surface area contributed by atoms with Crippen molar-refractivity contribution in [2.75, 3.05) is 20.1 Å². The number of fused-ring (bicyclic) bond motifs is 1. The lowest BCUT2D eigenvalue weighted by atomic mass is 10.0. The summed E-state index contributed by atoms with van der Waals surface area (Å²) >= 11 is 1.65. The van der Waals surface area contributed by atoms with Crippen LogP contribution in [0.5, 0.6) is 0 Å². The molecule has 1 fully saturated rings. The number of aromatic nitrogens is 1.